The van der Waals surface area contributed by atoms with Crippen molar-refractivity contribution in [1.82, 2.24) is 4.98 Å². The largest absolute Gasteiger partial charge is 0.361 e. The first-order chi connectivity index (χ1) is 10.3. The van der Waals surface area contributed by atoms with Gasteiger partial charge in [-0.2, -0.15) is 5.26 Å². The number of hydrogen-bond acceptors (Lipinski definition) is 2. The third-order valence-electron chi connectivity index (χ3n) is 3.38. The fourth-order valence-electron chi connectivity index (χ4n) is 2.30. The predicted molar refractivity (Wildman–Crippen MR) is 83.6 cm³/mol. The monoisotopic (exact) mass is 272 g/mol. The average Bonchev–Trinajstić information content (AvgIpc) is 2.97. The molecule has 0 saturated carbocycles. The number of rotatable bonds is 3. The number of nitriles is 1. The molecule has 0 unspecified atom stereocenters. The van der Waals surface area contributed by atoms with Gasteiger partial charge in [0.2, 0.25) is 0 Å². The van der Waals surface area contributed by atoms with E-state index < -0.39 is 0 Å². The molecule has 3 heteroatoms. The molecule has 1 heterocycles. The Balaban J connectivity index is 2.07. The molecular weight excluding hydrogens is 260 g/mol. The van der Waals surface area contributed by atoms with E-state index in [1.54, 1.807) is 12.1 Å². The number of aromatic amines is 1. The van der Waals surface area contributed by atoms with Gasteiger partial charge in [0, 0.05) is 28.2 Å². The summed E-state index contributed by atoms with van der Waals surface area (Å²) in [6.45, 7) is 0. The topological polar surface area (TPSA) is 56.6 Å². The molecule has 0 saturated heterocycles. The van der Waals surface area contributed by atoms with Crippen LogP contribution in [0.1, 0.15) is 21.5 Å². The van der Waals surface area contributed by atoms with Crippen LogP contribution in [0.2, 0.25) is 0 Å². The SMILES string of the molecule is N#C/C(=C\c1ccc(C=O)cc1)c1c[nH]c2ccccc12. The zero-order valence-electron chi connectivity index (χ0n) is 11.2. The summed E-state index contributed by atoms with van der Waals surface area (Å²) in [6, 6.07) is 17.3. The number of para-hydroxylation sites is 1. The highest BCUT2D eigenvalue weighted by atomic mass is 16.1. The van der Waals surface area contributed by atoms with Crippen molar-refractivity contribution in [2.75, 3.05) is 0 Å². The van der Waals surface area contributed by atoms with Crippen LogP contribution in [-0.2, 0) is 0 Å². The summed E-state index contributed by atoms with van der Waals surface area (Å²) < 4.78 is 0. The molecular formula is C18H12N2O. The molecule has 3 aromatic rings. The van der Waals surface area contributed by atoms with Gasteiger partial charge in [0.05, 0.1) is 11.6 Å². The minimum absolute atomic E-state index is 0.589. The number of carbonyl (C=O) groups excluding carboxylic acids is 1. The van der Waals surface area contributed by atoms with E-state index in [0.29, 0.717) is 11.1 Å². The van der Waals surface area contributed by atoms with Gasteiger partial charge in [-0.1, -0.05) is 42.5 Å². The number of hydrogen-bond donors (Lipinski definition) is 1. The van der Waals surface area contributed by atoms with E-state index in [9.17, 15) is 10.1 Å². The molecule has 1 aromatic heterocycles. The smallest absolute Gasteiger partial charge is 0.150 e. The van der Waals surface area contributed by atoms with Crippen molar-refractivity contribution in [3.63, 3.8) is 0 Å². The van der Waals surface area contributed by atoms with Crippen LogP contribution in [0.25, 0.3) is 22.6 Å². The second-order valence-electron chi connectivity index (χ2n) is 4.70. The maximum Gasteiger partial charge on any atom is 0.150 e. The molecule has 0 amide bonds. The average molecular weight is 272 g/mol. The molecule has 0 radical (unpaired) electrons. The highest BCUT2D eigenvalue weighted by Crippen LogP contribution is 2.26. The van der Waals surface area contributed by atoms with E-state index in [1.807, 2.05) is 48.7 Å². The van der Waals surface area contributed by atoms with Crippen LogP contribution in [0.4, 0.5) is 0 Å². The molecule has 1 N–H and O–H groups in total. The Bertz CT molecular complexity index is 864. The molecule has 0 bridgehead atoms. The molecule has 3 rings (SSSR count). The van der Waals surface area contributed by atoms with Crippen LogP contribution >= 0.6 is 0 Å². The Hall–Kier alpha value is -3.12. The molecule has 0 aliphatic heterocycles. The van der Waals surface area contributed by atoms with Gasteiger partial charge in [-0.3, -0.25) is 4.79 Å². The van der Waals surface area contributed by atoms with Crippen molar-refractivity contribution in [1.29, 1.82) is 5.26 Å². The van der Waals surface area contributed by atoms with Gasteiger partial charge in [0.25, 0.3) is 0 Å². The Kier molecular flexibility index (Phi) is 3.36. The summed E-state index contributed by atoms with van der Waals surface area (Å²) in [5, 5.41) is 10.5. The molecule has 21 heavy (non-hydrogen) atoms. The number of fused-ring (bicyclic) bond motifs is 1. The standard InChI is InChI=1S/C18H12N2O/c19-10-15(9-13-5-7-14(12-21)8-6-13)17-11-20-18-4-2-1-3-16(17)18/h1-9,11-12,20H/b15-9+. The van der Waals surface area contributed by atoms with E-state index in [2.05, 4.69) is 11.1 Å². The van der Waals surface area contributed by atoms with E-state index >= 15 is 0 Å². The molecule has 0 aliphatic rings. The Morgan fingerprint density at radius 3 is 2.48 bits per heavy atom. The molecule has 0 fully saturated rings. The van der Waals surface area contributed by atoms with Gasteiger partial charge >= 0.3 is 0 Å². The Morgan fingerprint density at radius 2 is 1.76 bits per heavy atom. The van der Waals surface area contributed by atoms with Crippen LogP contribution in [0.15, 0.2) is 54.7 Å². The fraction of sp³-hybridized carbons (Fsp3) is 0. The van der Waals surface area contributed by atoms with Crippen molar-refractivity contribution in [3.05, 3.63) is 71.4 Å². The summed E-state index contributed by atoms with van der Waals surface area (Å²) in [7, 11) is 0. The predicted octanol–water partition coefficient (Wildman–Crippen LogP) is 4.04. The fourth-order valence-corrected chi connectivity index (χ4v) is 2.30. The van der Waals surface area contributed by atoms with Gasteiger partial charge in [0.15, 0.2) is 0 Å². The van der Waals surface area contributed by atoms with Crippen molar-refractivity contribution < 1.29 is 4.79 Å². The second-order valence-corrected chi connectivity index (χ2v) is 4.70. The highest BCUT2D eigenvalue weighted by Gasteiger charge is 2.07. The van der Waals surface area contributed by atoms with E-state index in [1.165, 1.54) is 0 Å². The Labute approximate surface area is 122 Å². The lowest BCUT2D eigenvalue weighted by molar-refractivity contribution is 0.112. The number of carbonyl (C=O) groups is 1. The van der Waals surface area contributed by atoms with E-state index in [-0.39, 0.29) is 0 Å². The maximum absolute atomic E-state index is 10.7. The quantitative estimate of drug-likeness (QED) is 0.577. The van der Waals surface area contributed by atoms with Gasteiger partial charge < -0.3 is 4.98 Å². The highest BCUT2D eigenvalue weighted by molar-refractivity contribution is 6.01. The molecule has 3 nitrogen and oxygen atoms in total. The molecule has 2 aromatic carbocycles. The van der Waals surface area contributed by atoms with E-state index in [4.69, 9.17) is 0 Å². The van der Waals surface area contributed by atoms with Crippen molar-refractivity contribution in [2.45, 2.75) is 0 Å². The Morgan fingerprint density at radius 1 is 1.05 bits per heavy atom. The van der Waals surface area contributed by atoms with Crippen LogP contribution in [0.5, 0.6) is 0 Å². The number of nitrogens with one attached hydrogen (secondary N) is 1. The summed E-state index contributed by atoms with van der Waals surface area (Å²) in [4.78, 5) is 13.8. The van der Waals surface area contributed by atoms with Crippen LogP contribution in [-0.4, -0.2) is 11.3 Å². The van der Waals surface area contributed by atoms with E-state index in [0.717, 1.165) is 28.3 Å². The van der Waals surface area contributed by atoms with Crippen molar-refractivity contribution >= 4 is 28.8 Å². The lowest BCUT2D eigenvalue weighted by Gasteiger charge is -1.99. The first-order valence-corrected chi connectivity index (χ1v) is 6.55. The number of nitrogens with zero attached hydrogens (tertiary/aromatic N) is 1. The third-order valence-corrected chi connectivity index (χ3v) is 3.38. The zero-order chi connectivity index (χ0) is 14.7. The minimum Gasteiger partial charge on any atom is -0.361 e. The van der Waals surface area contributed by atoms with Gasteiger partial charge in [0.1, 0.15) is 6.29 Å². The normalized spacial score (nSPS) is 11.3. The van der Waals surface area contributed by atoms with Crippen LogP contribution in [0.3, 0.4) is 0 Å². The van der Waals surface area contributed by atoms with Crippen molar-refractivity contribution in [3.8, 4) is 6.07 Å². The summed E-state index contributed by atoms with van der Waals surface area (Å²) in [5.74, 6) is 0. The summed E-state index contributed by atoms with van der Waals surface area (Å²) in [6.07, 6.45) is 4.47. The zero-order valence-corrected chi connectivity index (χ0v) is 11.2. The third kappa shape index (κ3) is 2.47. The summed E-state index contributed by atoms with van der Waals surface area (Å²) in [5.41, 5.74) is 3.99. The molecule has 0 spiro atoms. The summed E-state index contributed by atoms with van der Waals surface area (Å²) >= 11 is 0. The van der Waals surface area contributed by atoms with Crippen LogP contribution < -0.4 is 0 Å². The number of H-pyrrole nitrogens is 1. The lowest BCUT2D eigenvalue weighted by atomic mass is 10.0. The molecule has 100 valence electrons. The van der Waals surface area contributed by atoms with Gasteiger partial charge in [-0.05, 0) is 17.7 Å². The maximum atomic E-state index is 10.7. The molecule has 0 aliphatic carbocycles. The molecule has 0 atom stereocenters. The number of benzene rings is 2. The number of aldehydes is 1. The number of allylic oxidation sites excluding steroid dienone is 1. The van der Waals surface area contributed by atoms with Gasteiger partial charge in [-0.25, -0.2) is 0 Å². The van der Waals surface area contributed by atoms with Crippen LogP contribution in [0, 0.1) is 11.3 Å². The second kappa shape index (κ2) is 5.48. The number of aromatic nitrogens is 1. The first-order valence-electron chi connectivity index (χ1n) is 6.55. The van der Waals surface area contributed by atoms with Gasteiger partial charge in [-0.15, -0.1) is 0 Å². The first kappa shape index (κ1) is 12.9. The van der Waals surface area contributed by atoms with Crippen molar-refractivity contribution in [2.24, 2.45) is 0 Å². The minimum atomic E-state index is 0.589. The lowest BCUT2D eigenvalue weighted by Crippen LogP contribution is -1.82.